The summed E-state index contributed by atoms with van der Waals surface area (Å²) in [5.74, 6) is 2.35. The summed E-state index contributed by atoms with van der Waals surface area (Å²) in [6.45, 7) is 1.22. The summed E-state index contributed by atoms with van der Waals surface area (Å²) in [6.07, 6.45) is 2.57. The lowest BCUT2D eigenvalue weighted by molar-refractivity contribution is 0.252. The molecule has 0 radical (unpaired) electrons. The minimum absolute atomic E-state index is 0.00410. The summed E-state index contributed by atoms with van der Waals surface area (Å²) in [6, 6.07) is 11.7. The van der Waals surface area contributed by atoms with E-state index in [1.807, 2.05) is 42.6 Å². The third-order valence-electron chi connectivity index (χ3n) is 5.37. The molecule has 2 atom stereocenters. The van der Waals surface area contributed by atoms with Crippen molar-refractivity contribution >= 4 is 17.1 Å². The maximum absolute atomic E-state index is 10.6. The van der Waals surface area contributed by atoms with Crippen LogP contribution in [0, 0.1) is 0 Å². The van der Waals surface area contributed by atoms with E-state index in [1.165, 1.54) is 0 Å². The zero-order valence-corrected chi connectivity index (χ0v) is 15.4. The number of aromatic nitrogens is 2. The number of aromatic hydroxyl groups is 1. The Morgan fingerprint density at radius 3 is 2.96 bits per heavy atom. The number of hydrogen-bond donors (Lipinski definition) is 2. The second-order valence-electron chi connectivity index (χ2n) is 7.08. The summed E-state index contributed by atoms with van der Waals surface area (Å²) >= 11 is 0. The molecule has 0 fully saturated rings. The molecule has 2 aliphatic rings. The lowest BCUT2D eigenvalue weighted by Gasteiger charge is -2.26. The first kappa shape index (κ1) is 16.8. The Hall–Kier alpha value is -3.35. The molecule has 142 valence electrons. The lowest BCUT2D eigenvalue weighted by Crippen LogP contribution is -2.21. The molecule has 7 nitrogen and oxygen atoms in total. The highest BCUT2D eigenvalue weighted by molar-refractivity contribution is 5.85. The number of nitrogens with zero attached hydrogens (tertiary/aromatic N) is 3. The first-order valence-electron chi connectivity index (χ1n) is 9.28. The van der Waals surface area contributed by atoms with Crippen molar-refractivity contribution in [1.82, 2.24) is 15.4 Å². The van der Waals surface area contributed by atoms with Gasteiger partial charge in [-0.15, -0.1) is 0 Å². The number of methoxy groups -OCH3 is 1. The molecule has 0 aliphatic carbocycles. The molecule has 0 bridgehead atoms. The Morgan fingerprint density at radius 1 is 1.21 bits per heavy atom. The van der Waals surface area contributed by atoms with Crippen LogP contribution in [0.25, 0.3) is 10.9 Å². The molecule has 3 heterocycles. The molecule has 0 saturated carbocycles. The Bertz CT molecular complexity index is 1070. The van der Waals surface area contributed by atoms with Crippen LogP contribution in [0.2, 0.25) is 0 Å². The molecule has 1 aromatic heterocycles. The van der Waals surface area contributed by atoms with Crippen LogP contribution >= 0.6 is 0 Å². The normalized spacial score (nSPS) is 20.5. The molecule has 5 rings (SSSR count). The van der Waals surface area contributed by atoms with E-state index < -0.39 is 0 Å². The number of ether oxygens (including phenoxy) is 2. The van der Waals surface area contributed by atoms with Crippen LogP contribution in [0.1, 0.15) is 28.8 Å². The molecule has 3 aromatic rings. The standard InChI is InChI=1S/C21H20N4O3/c1-27-18-3-2-4-19-16(18)8-13(11-28-19)20-24-17-6-5-12(14-9-22-23-10-14)7-15(17)21(26)25-20/h2-7,9,13-14,23H,8,10-11H2,1H3,(H,24,25,26). The van der Waals surface area contributed by atoms with Gasteiger partial charge in [0.1, 0.15) is 17.3 Å². The fourth-order valence-electron chi connectivity index (χ4n) is 3.85. The van der Waals surface area contributed by atoms with Gasteiger partial charge in [-0.05, 0) is 36.2 Å². The molecule has 7 heteroatoms. The number of rotatable bonds is 3. The number of hydrazone groups is 1. The van der Waals surface area contributed by atoms with Gasteiger partial charge in [0, 0.05) is 24.2 Å². The Kier molecular flexibility index (Phi) is 4.00. The zero-order valence-electron chi connectivity index (χ0n) is 15.4. The van der Waals surface area contributed by atoms with Crippen LogP contribution in [0.4, 0.5) is 0 Å². The van der Waals surface area contributed by atoms with Gasteiger partial charge in [-0.1, -0.05) is 12.1 Å². The smallest absolute Gasteiger partial charge is 0.222 e. The van der Waals surface area contributed by atoms with E-state index in [0.29, 0.717) is 24.2 Å². The van der Waals surface area contributed by atoms with E-state index in [2.05, 4.69) is 15.5 Å². The summed E-state index contributed by atoms with van der Waals surface area (Å²) in [5, 5.41) is 15.3. The van der Waals surface area contributed by atoms with Gasteiger partial charge in [-0.2, -0.15) is 10.1 Å². The maximum atomic E-state index is 10.6. The molecular formula is C21H20N4O3. The molecular weight excluding hydrogens is 356 g/mol. The Morgan fingerprint density at radius 2 is 2.14 bits per heavy atom. The van der Waals surface area contributed by atoms with Crippen LogP contribution < -0.4 is 14.9 Å². The van der Waals surface area contributed by atoms with E-state index in [9.17, 15) is 5.11 Å². The average Bonchev–Trinajstić information content (AvgIpc) is 3.27. The molecule has 2 aliphatic heterocycles. The average molecular weight is 376 g/mol. The van der Waals surface area contributed by atoms with Gasteiger partial charge >= 0.3 is 0 Å². The first-order valence-corrected chi connectivity index (χ1v) is 9.28. The highest BCUT2D eigenvalue weighted by Crippen LogP contribution is 2.38. The van der Waals surface area contributed by atoms with Crippen molar-refractivity contribution in [3.8, 4) is 17.4 Å². The van der Waals surface area contributed by atoms with E-state index in [4.69, 9.17) is 14.5 Å². The Labute approximate surface area is 162 Å². The molecule has 28 heavy (non-hydrogen) atoms. The second-order valence-corrected chi connectivity index (χ2v) is 7.08. The molecule has 0 saturated heterocycles. The van der Waals surface area contributed by atoms with Crippen molar-refractivity contribution in [3.63, 3.8) is 0 Å². The van der Waals surface area contributed by atoms with Crippen LogP contribution in [0.3, 0.4) is 0 Å². The van der Waals surface area contributed by atoms with Crippen molar-refractivity contribution in [1.29, 1.82) is 0 Å². The predicted octanol–water partition coefficient (Wildman–Crippen LogP) is 2.74. The van der Waals surface area contributed by atoms with Crippen LogP contribution in [-0.4, -0.2) is 41.6 Å². The van der Waals surface area contributed by atoms with Gasteiger partial charge in [-0.3, -0.25) is 0 Å². The summed E-state index contributed by atoms with van der Waals surface area (Å²) in [5.41, 5.74) is 5.76. The summed E-state index contributed by atoms with van der Waals surface area (Å²) < 4.78 is 11.4. The summed E-state index contributed by atoms with van der Waals surface area (Å²) in [4.78, 5) is 9.11. The van der Waals surface area contributed by atoms with Crippen molar-refractivity contribution in [3.05, 3.63) is 53.3 Å². The van der Waals surface area contributed by atoms with Crippen LogP contribution in [0.15, 0.2) is 41.5 Å². The topological polar surface area (TPSA) is 88.9 Å². The van der Waals surface area contributed by atoms with Crippen molar-refractivity contribution < 1.29 is 14.6 Å². The van der Waals surface area contributed by atoms with Crippen molar-refractivity contribution in [2.75, 3.05) is 20.3 Å². The first-order chi connectivity index (χ1) is 13.7. The Balaban J connectivity index is 1.50. The third-order valence-corrected chi connectivity index (χ3v) is 5.37. The summed E-state index contributed by atoms with van der Waals surface area (Å²) in [7, 11) is 1.65. The fourth-order valence-corrected chi connectivity index (χ4v) is 3.85. The predicted molar refractivity (Wildman–Crippen MR) is 105 cm³/mol. The van der Waals surface area contributed by atoms with Crippen LogP contribution in [-0.2, 0) is 6.42 Å². The minimum Gasteiger partial charge on any atom is -0.496 e. The van der Waals surface area contributed by atoms with Gasteiger partial charge in [0.05, 0.1) is 30.5 Å². The van der Waals surface area contributed by atoms with Gasteiger partial charge in [0.25, 0.3) is 0 Å². The SMILES string of the molecule is COc1cccc2c1CC(c1nc(O)c3cc(C4C=NNC4)ccc3n1)CO2. The second kappa shape index (κ2) is 6.67. The number of nitrogens with one attached hydrogen (secondary N) is 1. The van der Waals surface area contributed by atoms with Crippen molar-refractivity contribution in [2.24, 2.45) is 5.10 Å². The van der Waals surface area contributed by atoms with E-state index >= 15 is 0 Å². The molecule has 2 N–H and O–H groups in total. The molecule has 0 spiro atoms. The fraction of sp³-hybridized carbons (Fsp3) is 0.286. The van der Waals surface area contributed by atoms with Gasteiger partial charge in [0.2, 0.25) is 5.88 Å². The van der Waals surface area contributed by atoms with E-state index in [1.54, 1.807) is 7.11 Å². The van der Waals surface area contributed by atoms with Crippen molar-refractivity contribution in [2.45, 2.75) is 18.3 Å². The number of fused-ring (bicyclic) bond motifs is 2. The third kappa shape index (κ3) is 2.79. The van der Waals surface area contributed by atoms with Crippen LogP contribution in [0.5, 0.6) is 17.4 Å². The highest BCUT2D eigenvalue weighted by Gasteiger charge is 2.27. The molecule has 2 aromatic carbocycles. The number of hydrogen-bond acceptors (Lipinski definition) is 7. The van der Waals surface area contributed by atoms with Gasteiger partial charge in [0.15, 0.2) is 0 Å². The largest absolute Gasteiger partial charge is 0.496 e. The minimum atomic E-state index is -0.0510. The highest BCUT2D eigenvalue weighted by atomic mass is 16.5. The molecule has 2 unspecified atom stereocenters. The van der Waals surface area contributed by atoms with E-state index in [0.717, 1.165) is 34.7 Å². The van der Waals surface area contributed by atoms with Gasteiger partial charge in [-0.25, -0.2) is 4.98 Å². The van der Waals surface area contributed by atoms with E-state index in [-0.39, 0.29) is 17.7 Å². The zero-order chi connectivity index (χ0) is 19.1. The molecule has 0 amide bonds. The lowest BCUT2D eigenvalue weighted by atomic mass is 9.94. The van der Waals surface area contributed by atoms with Gasteiger partial charge < -0.3 is 20.0 Å². The quantitative estimate of drug-likeness (QED) is 0.731. The maximum Gasteiger partial charge on any atom is 0.222 e. The number of benzene rings is 2. The monoisotopic (exact) mass is 376 g/mol.